The van der Waals surface area contributed by atoms with E-state index in [0.29, 0.717) is 32.0 Å². The number of benzene rings is 1. The van der Waals surface area contributed by atoms with Crippen molar-refractivity contribution in [2.75, 3.05) is 0 Å². The molecule has 0 spiro atoms. The molecule has 2 nitrogen and oxygen atoms in total. The highest BCUT2D eigenvalue weighted by Gasteiger charge is 2.11. The smallest absolute Gasteiger partial charge is 0.223 e. The van der Waals surface area contributed by atoms with Gasteiger partial charge in [0.25, 0.3) is 0 Å². The van der Waals surface area contributed by atoms with Gasteiger partial charge in [-0.25, -0.2) is 4.98 Å². The van der Waals surface area contributed by atoms with Crippen LogP contribution in [0, 0.1) is 0 Å². The number of rotatable bonds is 3. The molecule has 94 valence electrons. The minimum Gasteiger partial charge on any atom is -0.437 e. The van der Waals surface area contributed by atoms with Crippen LogP contribution in [0.2, 0.25) is 15.1 Å². The third kappa shape index (κ3) is 3.09. The Morgan fingerprint density at radius 1 is 1.11 bits per heavy atom. The molecule has 18 heavy (non-hydrogen) atoms. The van der Waals surface area contributed by atoms with E-state index in [1.807, 2.05) is 12.1 Å². The molecule has 0 amide bonds. The summed E-state index contributed by atoms with van der Waals surface area (Å²) < 4.78 is 5.65. The van der Waals surface area contributed by atoms with Gasteiger partial charge >= 0.3 is 0 Å². The Morgan fingerprint density at radius 2 is 1.83 bits per heavy atom. The normalized spacial score (nSPS) is 10.4. The first kappa shape index (κ1) is 13.9. The van der Waals surface area contributed by atoms with Crippen molar-refractivity contribution in [1.82, 2.24) is 4.98 Å². The van der Waals surface area contributed by atoms with E-state index in [-0.39, 0.29) is 0 Å². The van der Waals surface area contributed by atoms with Gasteiger partial charge < -0.3 is 4.74 Å². The quantitative estimate of drug-likeness (QED) is 0.511. The number of aromatic nitrogens is 1. The summed E-state index contributed by atoms with van der Waals surface area (Å²) in [5.74, 6) is 0.904. The first-order chi connectivity index (χ1) is 8.61. The Kier molecular flexibility index (Phi) is 4.73. The van der Waals surface area contributed by atoms with Crippen LogP contribution in [-0.2, 0) is 5.33 Å². The maximum absolute atomic E-state index is 6.04. The second kappa shape index (κ2) is 6.11. The van der Waals surface area contributed by atoms with Gasteiger partial charge in [0.1, 0.15) is 5.75 Å². The zero-order valence-electron chi connectivity index (χ0n) is 8.96. The summed E-state index contributed by atoms with van der Waals surface area (Å²) >= 11 is 21.2. The molecular formula is C12H7BrCl3NO. The summed E-state index contributed by atoms with van der Waals surface area (Å²) in [6, 6.07) is 6.85. The maximum Gasteiger partial charge on any atom is 0.223 e. The second-order valence-electron chi connectivity index (χ2n) is 3.40. The number of hydrogen-bond acceptors (Lipinski definition) is 2. The molecule has 2 rings (SSSR count). The van der Waals surface area contributed by atoms with Gasteiger partial charge in [0.05, 0.1) is 15.1 Å². The van der Waals surface area contributed by atoms with Crippen molar-refractivity contribution >= 4 is 50.7 Å². The lowest BCUT2D eigenvalue weighted by molar-refractivity contribution is 0.459. The predicted molar refractivity (Wildman–Crippen MR) is 78.4 cm³/mol. The van der Waals surface area contributed by atoms with Gasteiger partial charge in [0, 0.05) is 23.2 Å². The highest BCUT2D eigenvalue weighted by molar-refractivity contribution is 9.08. The average Bonchev–Trinajstić information content (AvgIpc) is 2.36. The summed E-state index contributed by atoms with van der Waals surface area (Å²) in [5, 5.41) is 1.79. The Balaban J connectivity index is 2.37. The SMILES string of the molecule is Clc1cc(Cl)c(Oc2ncccc2CBr)cc1Cl. The molecule has 0 aliphatic heterocycles. The van der Waals surface area contributed by atoms with E-state index >= 15 is 0 Å². The molecule has 0 aliphatic carbocycles. The van der Waals surface area contributed by atoms with Crippen LogP contribution in [0.15, 0.2) is 30.5 Å². The highest BCUT2D eigenvalue weighted by atomic mass is 79.9. The number of alkyl halides is 1. The van der Waals surface area contributed by atoms with E-state index < -0.39 is 0 Å². The monoisotopic (exact) mass is 365 g/mol. The Labute approximate surface area is 128 Å². The molecule has 1 aromatic heterocycles. The van der Waals surface area contributed by atoms with Crippen LogP contribution < -0.4 is 4.74 Å². The zero-order valence-corrected chi connectivity index (χ0v) is 12.8. The Hall–Kier alpha value is -0.480. The minimum atomic E-state index is 0.382. The van der Waals surface area contributed by atoms with Crippen LogP contribution in [0.4, 0.5) is 0 Å². The predicted octanol–water partition coefficient (Wildman–Crippen LogP) is 5.73. The molecule has 2 aromatic rings. The number of nitrogens with zero attached hydrogens (tertiary/aromatic N) is 1. The maximum atomic E-state index is 6.04. The topological polar surface area (TPSA) is 22.1 Å². The molecule has 0 radical (unpaired) electrons. The first-order valence-corrected chi connectivity index (χ1v) is 7.19. The Bertz CT molecular complexity index is 577. The molecule has 0 bridgehead atoms. The highest BCUT2D eigenvalue weighted by Crippen LogP contribution is 2.36. The van der Waals surface area contributed by atoms with Gasteiger partial charge in [-0.1, -0.05) is 56.8 Å². The number of halogens is 4. The molecule has 1 heterocycles. The summed E-state index contributed by atoms with van der Waals surface area (Å²) in [7, 11) is 0. The fraction of sp³-hybridized carbons (Fsp3) is 0.0833. The molecule has 0 unspecified atom stereocenters. The lowest BCUT2D eigenvalue weighted by Crippen LogP contribution is -1.93. The van der Waals surface area contributed by atoms with Gasteiger partial charge in [0.15, 0.2) is 0 Å². The molecule has 0 N–H and O–H groups in total. The number of hydrogen-bond donors (Lipinski definition) is 0. The van der Waals surface area contributed by atoms with Crippen molar-refractivity contribution in [1.29, 1.82) is 0 Å². The van der Waals surface area contributed by atoms with E-state index in [1.54, 1.807) is 12.3 Å². The summed E-state index contributed by atoms with van der Waals surface area (Å²) in [6.45, 7) is 0. The van der Waals surface area contributed by atoms with Crippen molar-refractivity contribution in [3.63, 3.8) is 0 Å². The second-order valence-corrected chi connectivity index (χ2v) is 5.18. The molecular weight excluding hydrogens is 360 g/mol. The van der Waals surface area contributed by atoms with Crippen LogP contribution in [0.25, 0.3) is 0 Å². The van der Waals surface area contributed by atoms with Gasteiger partial charge in [0.2, 0.25) is 5.88 Å². The minimum absolute atomic E-state index is 0.382. The van der Waals surface area contributed by atoms with Crippen LogP contribution in [0.3, 0.4) is 0 Å². The largest absolute Gasteiger partial charge is 0.437 e. The third-order valence-corrected chi connectivity index (χ3v) is 3.80. The van der Waals surface area contributed by atoms with Crippen LogP contribution >= 0.6 is 50.7 Å². The van der Waals surface area contributed by atoms with Crippen molar-refractivity contribution in [2.24, 2.45) is 0 Å². The lowest BCUT2D eigenvalue weighted by atomic mass is 10.3. The van der Waals surface area contributed by atoms with Crippen LogP contribution in [0.5, 0.6) is 11.6 Å². The van der Waals surface area contributed by atoms with Crippen molar-refractivity contribution in [3.8, 4) is 11.6 Å². The summed E-state index contributed by atoms with van der Waals surface area (Å²) in [5.41, 5.74) is 0.916. The van der Waals surface area contributed by atoms with Crippen molar-refractivity contribution in [3.05, 3.63) is 51.1 Å². The van der Waals surface area contributed by atoms with E-state index in [1.165, 1.54) is 6.07 Å². The molecule has 0 atom stereocenters. The Morgan fingerprint density at radius 3 is 2.56 bits per heavy atom. The van der Waals surface area contributed by atoms with E-state index in [9.17, 15) is 0 Å². The van der Waals surface area contributed by atoms with E-state index in [2.05, 4.69) is 20.9 Å². The fourth-order valence-electron chi connectivity index (χ4n) is 1.30. The third-order valence-electron chi connectivity index (χ3n) is 2.18. The van der Waals surface area contributed by atoms with Gasteiger partial charge in [-0.3, -0.25) is 0 Å². The molecule has 1 aromatic carbocycles. The summed E-state index contributed by atoms with van der Waals surface area (Å²) in [4.78, 5) is 4.15. The van der Waals surface area contributed by atoms with Gasteiger partial charge in [-0.05, 0) is 12.1 Å². The lowest BCUT2D eigenvalue weighted by Gasteiger charge is -2.10. The van der Waals surface area contributed by atoms with Crippen LogP contribution in [0.1, 0.15) is 5.56 Å². The molecule has 0 fully saturated rings. The van der Waals surface area contributed by atoms with E-state index in [0.717, 1.165) is 5.56 Å². The first-order valence-electron chi connectivity index (χ1n) is 4.94. The molecule has 0 saturated heterocycles. The summed E-state index contributed by atoms with van der Waals surface area (Å²) in [6.07, 6.45) is 1.65. The molecule has 6 heteroatoms. The number of pyridine rings is 1. The standard InChI is InChI=1S/C12H7BrCl3NO/c13-6-7-2-1-3-17-12(7)18-11-5-9(15)8(14)4-10(11)16/h1-5H,6H2. The zero-order chi connectivity index (χ0) is 13.1. The van der Waals surface area contributed by atoms with Crippen molar-refractivity contribution < 1.29 is 4.74 Å². The number of ether oxygens (including phenoxy) is 1. The average molecular weight is 367 g/mol. The van der Waals surface area contributed by atoms with E-state index in [4.69, 9.17) is 39.5 Å². The molecule has 0 aliphatic rings. The van der Waals surface area contributed by atoms with Gasteiger partial charge in [-0.15, -0.1) is 0 Å². The molecule has 0 saturated carbocycles. The fourth-order valence-corrected chi connectivity index (χ4v) is 2.31. The van der Waals surface area contributed by atoms with Gasteiger partial charge in [-0.2, -0.15) is 0 Å². The van der Waals surface area contributed by atoms with Crippen LogP contribution in [-0.4, -0.2) is 4.98 Å². The van der Waals surface area contributed by atoms with Crippen molar-refractivity contribution in [2.45, 2.75) is 5.33 Å².